The molecule has 0 saturated heterocycles. The molecule has 188 valence electrons. The Morgan fingerprint density at radius 2 is 1.75 bits per heavy atom. The van der Waals surface area contributed by atoms with E-state index in [9.17, 15) is 14.4 Å². The average molecular weight is 491 g/mol. The number of aromatic nitrogens is 4. The third kappa shape index (κ3) is 4.38. The zero-order valence-electron chi connectivity index (χ0n) is 20.9. The number of methoxy groups -OCH3 is 1. The minimum absolute atomic E-state index is 0.0835. The van der Waals surface area contributed by atoms with Crippen LogP contribution in [0.15, 0.2) is 35.1 Å². The number of ether oxygens (including phenoxy) is 1. The molecule has 10 nitrogen and oxygen atoms in total. The fourth-order valence-corrected chi connectivity index (χ4v) is 5.16. The molecule has 3 aromatic rings. The summed E-state index contributed by atoms with van der Waals surface area (Å²) in [4.78, 5) is 47.6. The Bertz CT molecular complexity index is 1390. The van der Waals surface area contributed by atoms with Gasteiger partial charge < -0.3 is 19.1 Å². The summed E-state index contributed by atoms with van der Waals surface area (Å²) in [6, 6.07) is 9.52. The van der Waals surface area contributed by atoms with Gasteiger partial charge in [-0.25, -0.2) is 9.67 Å². The zero-order chi connectivity index (χ0) is 25.4. The monoisotopic (exact) mass is 490 g/mol. The van der Waals surface area contributed by atoms with Gasteiger partial charge in [0.1, 0.15) is 29.5 Å². The highest BCUT2D eigenvalue weighted by atomic mass is 16.5. The van der Waals surface area contributed by atoms with Crippen molar-refractivity contribution in [2.75, 3.05) is 26.7 Å². The topological polar surface area (TPSA) is 103 Å². The van der Waals surface area contributed by atoms with Crippen LogP contribution in [0.1, 0.15) is 38.8 Å². The molecule has 5 rings (SSSR count). The molecule has 2 aliphatic heterocycles. The molecule has 36 heavy (non-hydrogen) atoms. The molecule has 0 atom stereocenters. The van der Waals surface area contributed by atoms with Gasteiger partial charge in [0, 0.05) is 50.9 Å². The van der Waals surface area contributed by atoms with E-state index in [0.717, 1.165) is 12.0 Å². The van der Waals surface area contributed by atoms with Crippen LogP contribution >= 0.6 is 0 Å². The molecule has 1 aromatic carbocycles. The van der Waals surface area contributed by atoms with E-state index in [-0.39, 0.29) is 29.7 Å². The van der Waals surface area contributed by atoms with Crippen LogP contribution in [-0.4, -0.2) is 67.7 Å². The number of amides is 2. The minimum Gasteiger partial charge on any atom is -0.496 e. The highest BCUT2D eigenvalue weighted by Crippen LogP contribution is 2.27. The summed E-state index contributed by atoms with van der Waals surface area (Å²) in [5.41, 5.74) is 3.17. The van der Waals surface area contributed by atoms with Crippen molar-refractivity contribution in [3.8, 4) is 5.75 Å². The number of benzene rings is 1. The van der Waals surface area contributed by atoms with Gasteiger partial charge in [-0.15, -0.1) is 0 Å². The van der Waals surface area contributed by atoms with E-state index < -0.39 is 0 Å². The van der Waals surface area contributed by atoms with Crippen molar-refractivity contribution in [2.45, 2.75) is 46.3 Å². The van der Waals surface area contributed by atoms with Gasteiger partial charge >= 0.3 is 0 Å². The van der Waals surface area contributed by atoms with Crippen LogP contribution in [0.3, 0.4) is 0 Å². The van der Waals surface area contributed by atoms with Crippen LogP contribution in [-0.2, 0) is 37.3 Å². The lowest BCUT2D eigenvalue weighted by molar-refractivity contribution is -0.132. The van der Waals surface area contributed by atoms with Crippen LogP contribution in [0.5, 0.6) is 5.75 Å². The first kappa shape index (κ1) is 23.8. The van der Waals surface area contributed by atoms with Crippen LogP contribution in [0.25, 0.3) is 0 Å². The van der Waals surface area contributed by atoms with Crippen molar-refractivity contribution in [3.05, 3.63) is 74.7 Å². The maximum atomic E-state index is 13.8. The summed E-state index contributed by atoms with van der Waals surface area (Å²) in [5, 5.41) is 4.29. The maximum Gasteiger partial charge on any atom is 0.259 e. The molecule has 4 heterocycles. The Morgan fingerprint density at radius 1 is 1.00 bits per heavy atom. The third-order valence-electron chi connectivity index (χ3n) is 7.05. The van der Waals surface area contributed by atoms with Crippen molar-refractivity contribution < 1.29 is 14.3 Å². The summed E-state index contributed by atoms with van der Waals surface area (Å²) in [6.07, 6.45) is 1.15. The Kier molecular flexibility index (Phi) is 6.34. The Morgan fingerprint density at radius 3 is 2.47 bits per heavy atom. The van der Waals surface area contributed by atoms with Gasteiger partial charge in [-0.2, -0.15) is 5.10 Å². The molecule has 0 saturated carbocycles. The molecule has 2 aliphatic rings. The maximum absolute atomic E-state index is 13.8. The number of rotatable bonds is 4. The highest BCUT2D eigenvalue weighted by Gasteiger charge is 2.30. The summed E-state index contributed by atoms with van der Waals surface area (Å²) < 4.78 is 8.73. The van der Waals surface area contributed by atoms with Gasteiger partial charge in [0.2, 0.25) is 5.91 Å². The lowest BCUT2D eigenvalue weighted by Gasteiger charge is -2.30. The molecule has 10 heteroatoms. The van der Waals surface area contributed by atoms with Crippen LogP contribution in [0, 0.1) is 13.8 Å². The fraction of sp³-hybridized carbons (Fsp3) is 0.423. The summed E-state index contributed by atoms with van der Waals surface area (Å²) in [6.45, 7) is 5.86. The SMILES string of the molecule is COc1cc(=O)n2c(c1C(=O)N1CCc3ccccc3C1)CCN(C(=O)Cn1nc(C)nc1C)CC2. The predicted molar refractivity (Wildman–Crippen MR) is 132 cm³/mol. The number of carbonyl (C=O) groups is 2. The number of hydrogen-bond donors (Lipinski definition) is 0. The molecule has 0 fully saturated rings. The van der Waals surface area contributed by atoms with Crippen molar-refractivity contribution in [3.63, 3.8) is 0 Å². The molecular weight excluding hydrogens is 460 g/mol. The van der Waals surface area contributed by atoms with Crippen molar-refractivity contribution in [2.24, 2.45) is 0 Å². The van der Waals surface area contributed by atoms with E-state index in [1.165, 1.54) is 18.7 Å². The molecule has 0 N–H and O–H groups in total. The fourth-order valence-electron chi connectivity index (χ4n) is 5.16. The normalized spacial score (nSPS) is 15.2. The summed E-state index contributed by atoms with van der Waals surface area (Å²) in [5.74, 6) is 1.32. The van der Waals surface area contributed by atoms with Crippen molar-refractivity contribution in [1.82, 2.24) is 29.1 Å². The molecular formula is C26H30N6O4. The first-order valence-electron chi connectivity index (χ1n) is 12.2. The molecule has 2 amide bonds. The smallest absolute Gasteiger partial charge is 0.259 e. The second-order valence-electron chi connectivity index (χ2n) is 9.26. The van der Waals surface area contributed by atoms with Crippen LogP contribution in [0.4, 0.5) is 0 Å². The number of hydrogen-bond acceptors (Lipinski definition) is 6. The molecule has 2 aromatic heterocycles. The number of pyridine rings is 1. The first-order valence-corrected chi connectivity index (χ1v) is 12.2. The van der Waals surface area contributed by atoms with E-state index >= 15 is 0 Å². The van der Waals surface area contributed by atoms with Crippen LogP contribution < -0.4 is 10.3 Å². The third-order valence-corrected chi connectivity index (χ3v) is 7.05. The van der Waals surface area contributed by atoms with Crippen molar-refractivity contribution >= 4 is 11.8 Å². The van der Waals surface area contributed by atoms with E-state index in [1.807, 2.05) is 30.0 Å². The van der Waals surface area contributed by atoms with Crippen molar-refractivity contribution in [1.29, 1.82) is 0 Å². The highest BCUT2D eigenvalue weighted by molar-refractivity contribution is 5.98. The van der Waals surface area contributed by atoms with E-state index in [0.29, 0.717) is 62.1 Å². The lowest BCUT2D eigenvalue weighted by Crippen LogP contribution is -2.38. The quantitative estimate of drug-likeness (QED) is 0.547. The van der Waals surface area contributed by atoms with E-state index in [4.69, 9.17) is 4.74 Å². The van der Waals surface area contributed by atoms with Gasteiger partial charge in [0.05, 0.1) is 7.11 Å². The summed E-state index contributed by atoms with van der Waals surface area (Å²) >= 11 is 0. The second-order valence-corrected chi connectivity index (χ2v) is 9.26. The molecule has 0 aliphatic carbocycles. The number of fused-ring (bicyclic) bond motifs is 2. The number of aryl methyl sites for hydroxylation is 2. The first-order chi connectivity index (χ1) is 17.4. The molecule has 0 unspecified atom stereocenters. The summed E-state index contributed by atoms with van der Waals surface area (Å²) in [7, 11) is 1.48. The molecule has 0 spiro atoms. The van der Waals surface area contributed by atoms with Gasteiger partial charge in [0.25, 0.3) is 11.5 Å². The molecule has 0 bridgehead atoms. The van der Waals surface area contributed by atoms with Gasteiger partial charge in [-0.05, 0) is 31.4 Å². The Labute approximate surface area is 209 Å². The number of nitrogens with zero attached hydrogens (tertiary/aromatic N) is 6. The Balaban J connectivity index is 1.42. The number of carbonyl (C=O) groups excluding carboxylic acids is 2. The van der Waals surface area contributed by atoms with Gasteiger partial charge in [-0.3, -0.25) is 14.4 Å². The minimum atomic E-state index is -0.237. The van der Waals surface area contributed by atoms with Crippen LogP contribution in [0.2, 0.25) is 0 Å². The molecule has 0 radical (unpaired) electrons. The average Bonchev–Trinajstić information content (AvgIpc) is 3.05. The van der Waals surface area contributed by atoms with E-state index in [2.05, 4.69) is 16.1 Å². The largest absolute Gasteiger partial charge is 0.496 e. The van der Waals surface area contributed by atoms with Gasteiger partial charge in [-0.1, -0.05) is 24.3 Å². The lowest BCUT2D eigenvalue weighted by atomic mass is 9.98. The Hall–Kier alpha value is -3.95. The second kappa shape index (κ2) is 9.60. The van der Waals surface area contributed by atoms with E-state index in [1.54, 1.807) is 21.1 Å². The zero-order valence-corrected chi connectivity index (χ0v) is 20.9. The predicted octanol–water partition coefficient (Wildman–Crippen LogP) is 1.35. The standard InChI is InChI=1S/C26H30N6O4/c1-17-27-18(2)32(28-17)16-24(34)29-11-9-21-25(22(36-3)14-23(33)31(21)13-12-29)26(35)30-10-8-19-6-4-5-7-20(19)15-30/h4-7,14H,8-13,15-16H2,1-3H3. The van der Waals surface area contributed by atoms with Gasteiger partial charge in [0.15, 0.2) is 0 Å².